The molecule has 0 radical (unpaired) electrons. The second-order valence-corrected chi connectivity index (χ2v) is 4.44. The fraction of sp³-hybridized carbons (Fsp3) is 0.500. The van der Waals surface area contributed by atoms with E-state index in [1.54, 1.807) is 18.2 Å². The Kier molecular flexibility index (Phi) is 3.58. The summed E-state index contributed by atoms with van der Waals surface area (Å²) < 4.78 is 0. The molecule has 1 saturated heterocycles. The van der Waals surface area contributed by atoms with Crippen LogP contribution in [-0.2, 0) is 0 Å². The molecule has 1 aromatic carbocycles. The minimum Gasteiger partial charge on any atom is -0.381 e. The number of hydrogen-bond acceptors (Lipinski definition) is 4. The molecule has 1 aliphatic heterocycles. The molecule has 0 amide bonds. The number of benzene rings is 1. The molecule has 17 heavy (non-hydrogen) atoms. The molecule has 1 aliphatic rings. The monoisotopic (exact) mass is 235 g/mol. The molecule has 0 aromatic heterocycles. The minimum absolute atomic E-state index is 0.141. The maximum atomic E-state index is 10.7. The van der Waals surface area contributed by atoms with Crippen molar-refractivity contribution < 1.29 is 4.92 Å². The summed E-state index contributed by atoms with van der Waals surface area (Å²) in [4.78, 5) is 10.4. The minimum atomic E-state index is -0.357. The maximum Gasteiger partial charge on any atom is 0.271 e. The third-order valence-electron chi connectivity index (χ3n) is 3.09. The van der Waals surface area contributed by atoms with Crippen LogP contribution >= 0.6 is 0 Å². The predicted octanol–water partition coefficient (Wildman–Crippen LogP) is 2.07. The summed E-state index contributed by atoms with van der Waals surface area (Å²) in [6.45, 7) is 3.94. The average Bonchev–Trinajstić information content (AvgIpc) is 2.33. The topological polar surface area (TPSA) is 67.2 Å². The highest BCUT2D eigenvalue weighted by atomic mass is 16.6. The summed E-state index contributed by atoms with van der Waals surface area (Å²) in [6.07, 6.45) is 2.25. The molecule has 1 fully saturated rings. The standard InChI is InChI=1S/C12H17N3O2/c1-9-4-5-11(15(16)17)7-12(9)14-10-3-2-6-13-8-10/h4-5,7,10,13-14H,2-3,6,8H2,1H3. The van der Waals surface area contributed by atoms with Crippen molar-refractivity contribution >= 4 is 11.4 Å². The van der Waals surface area contributed by atoms with Crippen molar-refractivity contribution in [3.05, 3.63) is 33.9 Å². The summed E-state index contributed by atoms with van der Waals surface area (Å²) >= 11 is 0. The van der Waals surface area contributed by atoms with Crippen LogP contribution in [0.3, 0.4) is 0 Å². The van der Waals surface area contributed by atoms with Gasteiger partial charge < -0.3 is 10.6 Å². The molecule has 92 valence electrons. The molecule has 0 saturated carbocycles. The number of rotatable bonds is 3. The number of hydrogen-bond donors (Lipinski definition) is 2. The van der Waals surface area contributed by atoms with E-state index in [1.807, 2.05) is 6.92 Å². The predicted molar refractivity (Wildman–Crippen MR) is 67.3 cm³/mol. The van der Waals surface area contributed by atoms with Gasteiger partial charge in [0.1, 0.15) is 0 Å². The molecule has 1 heterocycles. The summed E-state index contributed by atoms with van der Waals surface area (Å²) in [5.74, 6) is 0. The first kappa shape index (κ1) is 11.9. The summed E-state index contributed by atoms with van der Waals surface area (Å²) in [5.41, 5.74) is 2.05. The maximum absolute atomic E-state index is 10.7. The van der Waals surface area contributed by atoms with Crippen molar-refractivity contribution in [2.24, 2.45) is 0 Å². The highest BCUT2D eigenvalue weighted by molar-refractivity contribution is 5.57. The van der Waals surface area contributed by atoms with Crippen LogP contribution in [0.1, 0.15) is 18.4 Å². The van der Waals surface area contributed by atoms with E-state index in [2.05, 4.69) is 10.6 Å². The van der Waals surface area contributed by atoms with Crippen molar-refractivity contribution in [1.82, 2.24) is 5.32 Å². The second kappa shape index (κ2) is 5.14. The van der Waals surface area contributed by atoms with Crippen LogP contribution in [0.5, 0.6) is 0 Å². The normalized spacial score (nSPS) is 19.9. The number of nitrogens with one attached hydrogen (secondary N) is 2. The van der Waals surface area contributed by atoms with E-state index < -0.39 is 0 Å². The lowest BCUT2D eigenvalue weighted by molar-refractivity contribution is -0.384. The molecule has 2 N–H and O–H groups in total. The van der Waals surface area contributed by atoms with E-state index in [-0.39, 0.29) is 10.6 Å². The van der Waals surface area contributed by atoms with E-state index in [4.69, 9.17) is 0 Å². The third-order valence-corrected chi connectivity index (χ3v) is 3.09. The average molecular weight is 235 g/mol. The Hall–Kier alpha value is -1.62. The lowest BCUT2D eigenvalue weighted by Crippen LogP contribution is -2.38. The first-order valence-corrected chi connectivity index (χ1v) is 5.89. The Bertz CT molecular complexity index is 414. The zero-order chi connectivity index (χ0) is 12.3. The zero-order valence-corrected chi connectivity index (χ0v) is 9.90. The molecule has 1 unspecified atom stereocenters. The van der Waals surface area contributed by atoms with Gasteiger partial charge in [-0.1, -0.05) is 6.07 Å². The fourth-order valence-electron chi connectivity index (χ4n) is 2.07. The van der Waals surface area contributed by atoms with Gasteiger partial charge in [0.05, 0.1) is 4.92 Å². The Balaban J connectivity index is 2.13. The van der Waals surface area contributed by atoms with Gasteiger partial charge in [0, 0.05) is 30.4 Å². The largest absolute Gasteiger partial charge is 0.381 e. The lowest BCUT2D eigenvalue weighted by Gasteiger charge is -2.25. The van der Waals surface area contributed by atoms with Crippen molar-refractivity contribution in [3.8, 4) is 0 Å². The number of anilines is 1. The fourth-order valence-corrected chi connectivity index (χ4v) is 2.07. The smallest absolute Gasteiger partial charge is 0.271 e. The molecule has 1 aromatic rings. The van der Waals surface area contributed by atoms with Crippen LogP contribution in [0.15, 0.2) is 18.2 Å². The highest BCUT2D eigenvalue weighted by Crippen LogP contribution is 2.23. The molecular formula is C12H17N3O2. The Morgan fingerprint density at radius 1 is 1.53 bits per heavy atom. The second-order valence-electron chi connectivity index (χ2n) is 4.44. The van der Waals surface area contributed by atoms with Crippen molar-refractivity contribution in [1.29, 1.82) is 0 Å². The highest BCUT2D eigenvalue weighted by Gasteiger charge is 2.15. The quantitative estimate of drug-likeness (QED) is 0.621. The lowest BCUT2D eigenvalue weighted by atomic mass is 10.1. The molecule has 0 spiro atoms. The van der Waals surface area contributed by atoms with Gasteiger partial charge in [-0.3, -0.25) is 10.1 Å². The number of piperidine rings is 1. The van der Waals surface area contributed by atoms with Crippen LogP contribution in [0.4, 0.5) is 11.4 Å². The first-order chi connectivity index (χ1) is 8.16. The zero-order valence-electron chi connectivity index (χ0n) is 9.90. The van der Waals surface area contributed by atoms with Gasteiger partial charge in [0.2, 0.25) is 0 Å². The van der Waals surface area contributed by atoms with Gasteiger partial charge in [0.25, 0.3) is 5.69 Å². The van der Waals surface area contributed by atoms with Gasteiger partial charge in [-0.15, -0.1) is 0 Å². The van der Waals surface area contributed by atoms with E-state index in [9.17, 15) is 10.1 Å². The summed E-state index contributed by atoms with van der Waals surface area (Å²) in [7, 11) is 0. The van der Waals surface area contributed by atoms with E-state index in [1.165, 1.54) is 0 Å². The van der Waals surface area contributed by atoms with Crippen LogP contribution < -0.4 is 10.6 Å². The molecule has 5 nitrogen and oxygen atoms in total. The van der Waals surface area contributed by atoms with Crippen LogP contribution in [0, 0.1) is 17.0 Å². The molecule has 0 aliphatic carbocycles. The molecule has 2 rings (SSSR count). The van der Waals surface area contributed by atoms with Gasteiger partial charge in [-0.05, 0) is 31.9 Å². The molecule has 1 atom stereocenters. The number of aryl methyl sites for hydroxylation is 1. The van der Waals surface area contributed by atoms with Gasteiger partial charge >= 0.3 is 0 Å². The van der Waals surface area contributed by atoms with E-state index >= 15 is 0 Å². The number of nitrogens with zero attached hydrogens (tertiary/aromatic N) is 1. The van der Waals surface area contributed by atoms with Crippen LogP contribution in [-0.4, -0.2) is 24.1 Å². The Labute approximate surface area is 100 Å². The molecule has 0 bridgehead atoms. The third kappa shape index (κ3) is 2.94. The van der Waals surface area contributed by atoms with Gasteiger partial charge in [-0.25, -0.2) is 0 Å². The summed E-state index contributed by atoms with van der Waals surface area (Å²) in [5, 5.41) is 17.4. The first-order valence-electron chi connectivity index (χ1n) is 5.89. The molecular weight excluding hydrogens is 218 g/mol. The van der Waals surface area contributed by atoms with Gasteiger partial charge in [0.15, 0.2) is 0 Å². The van der Waals surface area contributed by atoms with Crippen molar-refractivity contribution in [3.63, 3.8) is 0 Å². The van der Waals surface area contributed by atoms with Crippen molar-refractivity contribution in [2.75, 3.05) is 18.4 Å². The van der Waals surface area contributed by atoms with Crippen LogP contribution in [0.25, 0.3) is 0 Å². The van der Waals surface area contributed by atoms with E-state index in [0.29, 0.717) is 6.04 Å². The van der Waals surface area contributed by atoms with E-state index in [0.717, 1.165) is 37.2 Å². The Morgan fingerprint density at radius 2 is 2.35 bits per heavy atom. The Morgan fingerprint density at radius 3 is 3.00 bits per heavy atom. The number of nitro benzene ring substituents is 1. The SMILES string of the molecule is Cc1ccc([N+](=O)[O-])cc1NC1CCCNC1. The van der Waals surface area contributed by atoms with Crippen LogP contribution in [0.2, 0.25) is 0 Å². The van der Waals surface area contributed by atoms with Gasteiger partial charge in [-0.2, -0.15) is 0 Å². The number of non-ortho nitro benzene ring substituents is 1. The summed E-state index contributed by atoms with van der Waals surface area (Å²) in [6, 6.07) is 5.31. The van der Waals surface area contributed by atoms with Crippen molar-refractivity contribution in [2.45, 2.75) is 25.8 Å². The number of nitro groups is 1. The molecule has 5 heteroatoms.